The quantitative estimate of drug-likeness (QED) is 0.864. The second-order valence-electron chi connectivity index (χ2n) is 6.68. The lowest BCUT2D eigenvalue weighted by atomic mass is 9.98. The number of carbonyl (C=O) groups excluding carboxylic acids is 1. The van der Waals surface area contributed by atoms with Gasteiger partial charge in [0.25, 0.3) is 0 Å². The van der Waals surface area contributed by atoms with E-state index >= 15 is 0 Å². The standard InChI is InChI=1S/C21H25NO4/c1-25-19-8-3-9-20(13-19)26-15-17-6-4-10-22(14-17)21(24)12-16-5-2-7-18(23)11-16/h2-3,5,7-9,11,13,17,23H,4,6,10,12,14-15H2,1H3/t17-/m0/s1. The number of nitrogens with zero attached hydrogens (tertiary/aromatic N) is 1. The van der Waals surface area contributed by atoms with E-state index in [1.807, 2.05) is 35.2 Å². The summed E-state index contributed by atoms with van der Waals surface area (Å²) in [7, 11) is 1.64. The average Bonchev–Trinajstić information content (AvgIpc) is 2.67. The summed E-state index contributed by atoms with van der Waals surface area (Å²) < 4.78 is 11.1. The summed E-state index contributed by atoms with van der Waals surface area (Å²) in [4.78, 5) is 14.5. The third kappa shape index (κ3) is 4.91. The van der Waals surface area contributed by atoms with Crippen molar-refractivity contribution in [2.75, 3.05) is 26.8 Å². The van der Waals surface area contributed by atoms with Crippen LogP contribution in [0, 0.1) is 5.92 Å². The SMILES string of the molecule is COc1cccc(OC[C@H]2CCCN(C(=O)Cc3cccc(O)c3)C2)c1. The topological polar surface area (TPSA) is 59.0 Å². The van der Waals surface area contributed by atoms with Crippen LogP contribution in [0.3, 0.4) is 0 Å². The van der Waals surface area contributed by atoms with E-state index in [1.54, 1.807) is 25.3 Å². The van der Waals surface area contributed by atoms with Crippen LogP contribution in [-0.4, -0.2) is 42.7 Å². The molecule has 26 heavy (non-hydrogen) atoms. The fourth-order valence-electron chi connectivity index (χ4n) is 3.29. The van der Waals surface area contributed by atoms with Crippen molar-refractivity contribution in [2.45, 2.75) is 19.3 Å². The maximum atomic E-state index is 12.6. The zero-order chi connectivity index (χ0) is 18.4. The average molecular weight is 355 g/mol. The lowest BCUT2D eigenvalue weighted by molar-refractivity contribution is -0.132. The Morgan fingerprint density at radius 2 is 2.00 bits per heavy atom. The maximum Gasteiger partial charge on any atom is 0.227 e. The summed E-state index contributed by atoms with van der Waals surface area (Å²) in [5.41, 5.74) is 0.838. The van der Waals surface area contributed by atoms with E-state index in [9.17, 15) is 9.90 Å². The molecule has 0 radical (unpaired) electrons. The number of hydrogen-bond donors (Lipinski definition) is 1. The lowest BCUT2D eigenvalue weighted by Crippen LogP contribution is -2.42. The Morgan fingerprint density at radius 3 is 2.81 bits per heavy atom. The smallest absolute Gasteiger partial charge is 0.227 e. The lowest BCUT2D eigenvalue weighted by Gasteiger charge is -2.32. The van der Waals surface area contributed by atoms with Gasteiger partial charge in [-0.2, -0.15) is 0 Å². The minimum atomic E-state index is 0.0988. The summed E-state index contributed by atoms with van der Waals surface area (Å²) in [6.07, 6.45) is 2.36. The zero-order valence-corrected chi connectivity index (χ0v) is 15.1. The first kappa shape index (κ1) is 18.1. The number of benzene rings is 2. The summed E-state index contributed by atoms with van der Waals surface area (Å²) >= 11 is 0. The van der Waals surface area contributed by atoms with Gasteiger partial charge in [0.2, 0.25) is 5.91 Å². The Morgan fingerprint density at radius 1 is 1.19 bits per heavy atom. The number of carbonyl (C=O) groups is 1. The van der Waals surface area contributed by atoms with Crippen molar-refractivity contribution >= 4 is 5.91 Å². The maximum absolute atomic E-state index is 12.6. The van der Waals surface area contributed by atoms with Crippen LogP contribution in [0.5, 0.6) is 17.2 Å². The molecular weight excluding hydrogens is 330 g/mol. The number of likely N-dealkylation sites (tertiary alicyclic amines) is 1. The first-order valence-corrected chi connectivity index (χ1v) is 8.96. The Balaban J connectivity index is 1.52. The monoisotopic (exact) mass is 355 g/mol. The Bertz CT molecular complexity index is 746. The van der Waals surface area contributed by atoms with Gasteiger partial charge in [-0.25, -0.2) is 0 Å². The summed E-state index contributed by atoms with van der Waals surface area (Å²) in [5.74, 6) is 2.17. The predicted octanol–water partition coefficient (Wildman–Crippen LogP) is 3.26. The molecule has 1 heterocycles. The number of phenols is 1. The van der Waals surface area contributed by atoms with Gasteiger partial charge in [-0.15, -0.1) is 0 Å². The molecule has 5 heteroatoms. The van der Waals surface area contributed by atoms with Gasteiger partial charge in [-0.3, -0.25) is 4.79 Å². The fourth-order valence-corrected chi connectivity index (χ4v) is 3.29. The predicted molar refractivity (Wildman–Crippen MR) is 99.6 cm³/mol. The van der Waals surface area contributed by atoms with Crippen molar-refractivity contribution in [3.63, 3.8) is 0 Å². The molecule has 2 aromatic carbocycles. The molecule has 138 valence electrons. The van der Waals surface area contributed by atoms with E-state index in [2.05, 4.69) is 0 Å². The fraction of sp³-hybridized carbons (Fsp3) is 0.381. The van der Waals surface area contributed by atoms with Crippen LogP contribution < -0.4 is 9.47 Å². The number of amides is 1. The van der Waals surface area contributed by atoms with Crippen LogP contribution in [0.4, 0.5) is 0 Å². The van der Waals surface area contributed by atoms with E-state index in [0.29, 0.717) is 25.5 Å². The number of ether oxygens (including phenoxy) is 2. The van der Waals surface area contributed by atoms with E-state index in [0.717, 1.165) is 36.4 Å². The van der Waals surface area contributed by atoms with E-state index in [4.69, 9.17) is 9.47 Å². The number of rotatable bonds is 6. The number of aromatic hydroxyl groups is 1. The number of hydrogen-bond acceptors (Lipinski definition) is 4. The van der Waals surface area contributed by atoms with Crippen LogP contribution in [0.25, 0.3) is 0 Å². The Kier molecular flexibility index (Phi) is 6.00. The second-order valence-corrected chi connectivity index (χ2v) is 6.68. The number of piperidine rings is 1. The molecule has 0 aromatic heterocycles. The van der Waals surface area contributed by atoms with Gasteiger partial charge in [0, 0.05) is 25.1 Å². The van der Waals surface area contributed by atoms with Gasteiger partial charge >= 0.3 is 0 Å². The third-order valence-corrected chi connectivity index (χ3v) is 4.66. The molecule has 1 fully saturated rings. The van der Waals surface area contributed by atoms with Gasteiger partial charge < -0.3 is 19.5 Å². The molecule has 3 rings (SSSR count). The molecule has 0 saturated carbocycles. The van der Waals surface area contributed by atoms with Crippen molar-refractivity contribution in [1.82, 2.24) is 4.90 Å². The van der Waals surface area contributed by atoms with Crippen molar-refractivity contribution < 1.29 is 19.4 Å². The summed E-state index contributed by atoms with van der Waals surface area (Å²) in [6, 6.07) is 14.5. The third-order valence-electron chi connectivity index (χ3n) is 4.66. The second kappa shape index (κ2) is 8.61. The van der Waals surface area contributed by atoms with Crippen molar-refractivity contribution in [3.05, 3.63) is 54.1 Å². The minimum absolute atomic E-state index is 0.0988. The molecule has 2 aromatic rings. The first-order valence-electron chi connectivity index (χ1n) is 8.96. The number of methoxy groups -OCH3 is 1. The van der Waals surface area contributed by atoms with Gasteiger partial charge in [0.15, 0.2) is 0 Å². The van der Waals surface area contributed by atoms with E-state index in [-0.39, 0.29) is 11.7 Å². The molecule has 1 atom stereocenters. The summed E-state index contributed by atoms with van der Waals surface area (Å²) in [5, 5.41) is 9.54. The molecule has 1 amide bonds. The highest BCUT2D eigenvalue weighted by Gasteiger charge is 2.24. The highest BCUT2D eigenvalue weighted by Crippen LogP contribution is 2.22. The molecular formula is C21H25NO4. The van der Waals surface area contributed by atoms with Gasteiger partial charge in [0.05, 0.1) is 20.1 Å². The van der Waals surface area contributed by atoms with Crippen LogP contribution >= 0.6 is 0 Å². The molecule has 1 aliphatic heterocycles. The molecule has 5 nitrogen and oxygen atoms in total. The normalized spacial score (nSPS) is 17.0. The summed E-state index contributed by atoms with van der Waals surface area (Å²) in [6.45, 7) is 2.08. The van der Waals surface area contributed by atoms with Crippen LogP contribution in [-0.2, 0) is 11.2 Å². The Labute approximate surface area is 154 Å². The van der Waals surface area contributed by atoms with Gasteiger partial charge in [-0.1, -0.05) is 18.2 Å². The first-order chi connectivity index (χ1) is 12.6. The molecule has 0 spiro atoms. The molecule has 0 unspecified atom stereocenters. The molecule has 1 saturated heterocycles. The van der Waals surface area contributed by atoms with Crippen LogP contribution in [0.2, 0.25) is 0 Å². The zero-order valence-electron chi connectivity index (χ0n) is 15.1. The Hall–Kier alpha value is -2.69. The van der Waals surface area contributed by atoms with Crippen LogP contribution in [0.15, 0.2) is 48.5 Å². The van der Waals surface area contributed by atoms with Crippen molar-refractivity contribution in [1.29, 1.82) is 0 Å². The molecule has 1 N–H and O–H groups in total. The van der Waals surface area contributed by atoms with Crippen molar-refractivity contribution in [3.8, 4) is 17.2 Å². The highest BCUT2D eigenvalue weighted by molar-refractivity contribution is 5.79. The molecule has 1 aliphatic rings. The van der Waals surface area contributed by atoms with E-state index in [1.165, 1.54) is 0 Å². The van der Waals surface area contributed by atoms with Crippen LogP contribution in [0.1, 0.15) is 18.4 Å². The molecule has 0 aliphatic carbocycles. The molecule has 0 bridgehead atoms. The van der Waals surface area contributed by atoms with Gasteiger partial charge in [0.1, 0.15) is 17.2 Å². The number of phenolic OH excluding ortho intramolecular Hbond substituents is 1. The highest BCUT2D eigenvalue weighted by atomic mass is 16.5. The van der Waals surface area contributed by atoms with E-state index < -0.39 is 0 Å². The largest absolute Gasteiger partial charge is 0.508 e. The van der Waals surface area contributed by atoms with Gasteiger partial charge in [-0.05, 0) is 42.7 Å². The minimum Gasteiger partial charge on any atom is -0.508 e. The van der Waals surface area contributed by atoms with Crippen molar-refractivity contribution in [2.24, 2.45) is 5.92 Å².